The lowest BCUT2D eigenvalue weighted by atomic mass is 10.0. The van der Waals surface area contributed by atoms with Crippen LogP contribution >= 0.6 is 0 Å². The molecular formula is C24H20FN5O. The Kier molecular flexibility index (Phi) is 4.09. The van der Waals surface area contributed by atoms with Crippen LogP contribution < -0.4 is 0 Å². The van der Waals surface area contributed by atoms with Gasteiger partial charge in [-0.05, 0) is 30.5 Å². The second kappa shape index (κ2) is 6.97. The third kappa shape index (κ3) is 3.17. The maximum atomic E-state index is 14.6. The van der Waals surface area contributed by atoms with Gasteiger partial charge in [0, 0.05) is 29.3 Å². The van der Waals surface area contributed by atoms with Gasteiger partial charge in [-0.3, -0.25) is 9.48 Å². The van der Waals surface area contributed by atoms with Gasteiger partial charge in [0.2, 0.25) is 0 Å². The van der Waals surface area contributed by atoms with Crippen LogP contribution in [0.25, 0.3) is 10.8 Å². The van der Waals surface area contributed by atoms with Crippen molar-refractivity contribution in [2.24, 2.45) is 0 Å². The van der Waals surface area contributed by atoms with E-state index in [1.54, 1.807) is 23.2 Å². The number of benzene rings is 2. The lowest BCUT2D eigenvalue weighted by Crippen LogP contribution is -2.27. The maximum Gasteiger partial charge on any atom is 0.257 e. The molecule has 0 saturated heterocycles. The number of aromatic nitrogens is 4. The van der Waals surface area contributed by atoms with E-state index in [-0.39, 0.29) is 11.5 Å². The fraction of sp³-hybridized carbons (Fsp3) is 0.250. The van der Waals surface area contributed by atoms with Gasteiger partial charge >= 0.3 is 0 Å². The molecule has 0 atom stereocenters. The lowest BCUT2D eigenvalue weighted by molar-refractivity contribution is 0.0743. The monoisotopic (exact) mass is 413 g/mol. The fourth-order valence-electron chi connectivity index (χ4n) is 4.38. The smallest absolute Gasteiger partial charge is 0.257 e. The van der Waals surface area contributed by atoms with Crippen LogP contribution in [-0.2, 0) is 19.5 Å². The van der Waals surface area contributed by atoms with Crippen LogP contribution in [0.5, 0.6) is 0 Å². The predicted octanol–water partition coefficient (Wildman–Crippen LogP) is 4.05. The van der Waals surface area contributed by atoms with Gasteiger partial charge in [0.05, 0.1) is 41.9 Å². The van der Waals surface area contributed by atoms with E-state index in [4.69, 9.17) is 0 Å². The minimum absolute atomic E-state index is 0.0989. The second-order valence-electron chi connectivity index (χ2n) is 8.32. The number of amides is 1. The molecule has 0 N–H and O–H groups in total. The molecule has 0 radical (unpaired) electrons. The molecule has 2 aromatic heterocycles. The van der Waals surface area contributed by atoms with E-state index in [1.165, 1.54) is 6.07 Å². The molecule has 1 aliphatic carbocycles. The first kappa shape index (κ1) is 18.2. The summed E-state index contributed by atoms with van der Waals surface area (Å²) in [6.07, 6.45) is 6.32. The fourth-order valence-corrected chi connectivity index (χ4v) is 4.38. The van der Waals surface area contributed by atoms with Crippen molar-refractivity contribution in [3.63, 3.8) is 0 Å². The first-order chi connectivity index (χ1) is 15.2. The van der Waals surface area contributed by atoms with E-state index in [0.717, 1.165) is 46.1 Å². The average molecular weight is 413 g/mol. The average Bonchev–Trinajstić information content (AvgIpc) is 3.42. The van der Waals surface area contributed by atoms with Crippen molar-refractivity contribution < 1.29 is 9.18 Å². The number of nitrogens with zero attached hydrogens (tertiary/aromatic N) is 5. The number of hydrogen-bond acceptors (Lipinski definition) is 4. The van der Waals surface area contributed by atoms with Crippen LogP contribution in [0.2, 0.25) is 0 Å². The molecule has 31 heavy (non-hydrogen) atoms. The van der Waals surface area contributed by atoms with E-state index in [0.29, 0.717) is 25.6 Å². The minimum atomic E-state index is -0.502. The number of hydrogen-bond donors (Lipinski definition) is 0. The molecule has 2 aliphatic rings. The van der Waals surface area contributed by atoms with Gasteiger partial charge in [0.1, 0.15) is 5.82 Å². The van der Waals surface area contributed by atoms with E-state index >= 15 is 0 Å². The Morgan fingerprint density at radius 1 is 1.10 bits per heavy atom. The zero-order valence-electron chi connectivity index (χ0n) is 16.8. The minimum Gasteiger partial charge on any atom is -0.328 e. The van der Waals surface area contributed by atoms with Crippen molar-refractivity contribution in [1.82, 2.24) is 24.9 Å². The second-order valence-corrected chi connectivity index (χ2v) is 8.32. The van der Waals surface area contributed by atoms with Crippen LogP contribution in [-0.4, -0.2) is 30.8 Å². The number of carbonyl (C=O) groups excluding carboxylic acids is 1. The first-order valence-electron chi connectivity index (χ1n) is 10.5. The van der Waals surface area contributed by atoms with E-state index in [9.17, 15) is 9.18 Å². The van der Waals surface area contributed by atoms with Crippen molar-refractivity contribution in [1.29, 1.82) is 0 Å². The van der Waals surface area contributed by atoms with E-state index in [1.807, 2.05) is 35.1 Å². The Morgan fingerprint density at radius 2 is 1.97 bits per heavy atom. The Bertz CT molecular complexity index is 1320. The van der Waals surface area contributed by atoms with Gasteiger partial charge in [0.25, 0.3) is 5.91 Å². The highest BCUT2D eigenvalue weighted by molar-refractivity contribution is 5.95. The van der Waals surface area contributed by atoms with Crippen LogP contribution in [0.3, 0.4) is 0 Å². The molecule has 6 rings (SSSR count). The zero-order valence-corrected chi connectivity index (χ0v) is 16.8. The Morgan fingerprint density at radius 3 is 2.84 bits per heavy atom. The molecule has 0 bridgehead atoms. The molecule has 0 spiro atoms. The van der Waals surface area contributed by atoms with Crippen molar-refractivity contribution in [3.8, 4) is 0 Å². The van der Waals surface area contributed by atoms with Crippen molar-refractivity contribution in [3.05, 3.63) is 88.8 Å². The summed E-state index contributed by atoms with van der Waals surface area (Å²) in [6.45, 7) is 0.947. The highest BCUT2D eigenvalue weighted by Gasteiger charge is 2.34. The molecule has 1 aliphatic heterocycles. The first-order valence-corrected chi connectivity index (χ1v) is 10.5. The summed E-state index contributed by atoms with van der Waals surface area (Å²) in [5.74, 6) is -0.792. The lowest BCUT2D eigenvalue weighted by Gasteiger charge is -2.17. The Labute approximate surface area is 178 Å². The van der Waals surface area contributed by atoms with Crippen molar-refractivity contribution in [2.45, 2.75) is 38.4 Å². The van der Waals surface area contributed by atoms with Gasteiger partial charge in [-0.25, -0.2) is 4.39 Å². The van der Waals surface area contributed by atoms with Gasteiger partial charge in [-0.1, -0.05) is 30.3 Å². The molecule has 4 aromatic rings. The van der Waals surface area contributed by atoms with Gasteiger partial charge < -0.3 is 4.90 Å². The standard InChI is InChI=1S/C24H20FN5O/c25-21-8-5-15(10-22-19-4-2-1-3-16(19)11-26-28-22)9-20(21)24(31)29-13-17-12-27-30(18-6-7-18)23(17)14-29/h1-5,8-9,11-12,18H,6-7,10,13-14H2. The number of halogens is 1. The maximum absolute atomic E-state index is 14.6. The summed E-state index contributed by atoms with van der Waals surface area (Å²) in [5.41, 5.74) is 3.88. The third-order valence-corrected chi connectivity index (χ3v) is 6.15. The summed E-state index contributed by atoms with van der Waals surface area (Å²) < 4.78 is 16.7. The highest BCUT2D eigenvalue weighted by Crippen LogP contribution is 2.38. The number of rotatable bonds is 4. The Balaban J connectivity index is 1.27. The van der Waals surface area contributed by atoms with Crippen LogP contribution in [0.1, 0.15) is 51.8 Å². The van der Waals surface area contributed by atoms with E-state index in [2.05, 4.69) is 15.3 Å². The summed E-state index contributed by atoms with van der Waals surface area (Å²) >= 11 is 0. The molecular weight excluding hydrogens is 393 g/mol. The summed E-state index contributed by atoms with van der Waals surface area (Å²) in [7, 11) is 0. The third-order valence-electron chi connectivity index (χ3n) is 6.15. The van der Waals surface area contributed by atoms with Crippen LogP contribution in [0, 0.1) is 5.82 Å². The topological polar surface area (TPSA) is 63.9 Å². The summed E-state index contributed by atoms with van der Waals surface area (Å²) in [4.78, 5) is 14.9. The number of carbonyl (C=O) groups is 1. The molecule has 3 heterocycles. The van der Waals surface area contributed by atoms with Crippen LogP contribution in [0.4, 0.5) is 4.39 Å². The zero-order chi connectivity index (χ0) is 20.9. The molecule has 0 unspecified atom stereocenters. The van der Waals surface area contributed by atoms with Crippen LogP contribution in [0.15, 0.2) is 54.9 Å². The van der Waals surface area contributed by atoms with Crippen molar-refractivity contribution in [2.75, 3.05) is 0 Å². The SMILES string of the molecule is O=C(c1cc(Cc2nncc3ccccc23)ccc1F)N1Cc2cnn(C3CC3)c2C1. The number of fused-ring (bicyclic) bond motifs is 2. The summed E-state index contributed by atoms with van der Waals surface area (Å²) in [6, 6.07) is 13.1. The van der Waals surface area contributed by atoms with Gasteiger partial charge in [0.15, 0.2) is 0 Å². The van der Waals surface area contributed by atoms with Gasteiger partial charge in [-0.15, -0.1) is 0 Å². The summed E-state index contributed by atoms with van der Waals surface area (Å²) in [5, 5.41) is 14.8. The molecule has 1 amide bonds. The molecule has 154 valence electrons. The largest absolute Gasteiger partial charge is 0.328 e. The quantitative estimate of drug-likeness (QED) is 0.506. The highest BCUT2D eigenvalue weighted by atomic mass is 19.1. The molecule has 1 fully saturated rings. The molecule has 1 saturated carbocycles. The van der Waals surface area contributed by atoms with Crippen molar-refractivity contribution >= 4 is 16.7 Å². The Hall–Kier alpha value is -3.61. The normalized spacial score (nSPS) is 15.5. The molecule has 6 nitrogen and oxygen atoms in total. The van der Waals surface area contributed by atoms with Gasteiger partial charge in [-0.2, -0.15) is 15.3 Å². The molecule has 2 aromatic carbocycles. The predicted molar refractivity (Wildman–Crippen MR) is 113 cm³/mol. The van der Waals surface area contributed by atoms with E-state index < -0.39 is 5.82 Å². The molecule has 7 heteroatoms.